The summed E-state index contributed by atoms with van der Waals surface area (Å²) in [6.45, 7) is 25.9. The molecule has 0 aromatic carbocycles. The van der Waals surface area contributed by atoms with Crippen LogP contribution < -0.4 is 0 Å². The van der Waals surface area contributed by atoms with E-state index >= 15 is 0 Å². The summed E-state index contributed by atoms with van der Waals surface area (Å²) in [4.78, 5) is 0. The maximum atomic E-state index is 3.36. The maximum absolute atomic E-state index is 3.36. The second-order valence-corrected chi connectivity index (χ2v) is 16.8. The minimum absolute atomic E-state index is 0. The fourth-order valence-corrected chi connectivity index (χ4v) is 3.00. The molecule has 0 N–H and O–H groups in total. The molecule has 4 aliphatic carbocycles. The molecular formula is C34H50Cl2Hf2. The predicted molar refractivity (Wildman–Crippen MR) is 170 cm³/mol. The van der Waals surface area contributed by atoms with E-state index in [0.29, 0.717) is 11.8 Å². The molecule has 0 saturated carbocycles. The second-order valence-electron chi connectivity index (χ2n) is 9.60. The molecule has 0 aromatic heterocycles. The summed E-state index contributed by atoms with van der Waals surface area (Å²) < 4.78 is 3.11. The van der Waals surface area contributed by atoms with Gasteiger partial charge in [-0.1, -0.05) is 53.4 Å². The Balaban J connectivity index is -0.000000187. The second kappa shape index (κ2) is 27.2. The largest absolute Gasteiger partial charge is 0.273 e. The Hall–Kier alpha value is -0.0197. The summed E-state index contributed by atoms with van der Waals surface area (Å²) in [5, 5.41) is 0. The van der Waals surface area contributed by atoms with Crippen LogP contribution in [-0.4, -0.2) is 6.51 Å². The van der Waals surface area contributed by atoms with Gasteiger partial charge in [-0.05, 0) is 0 Å². The Bertz CT molecular complexity index is 845. The van der Waals surface area contributed by atoms with Crippen molar-refractivity contribution in [3.8, 4) is 0 Å². The van der Waals surface area contributed by atoms with Crippen LogP contribution in [0.15, 0.2) is 69.9 Å². The zero-order valence-electron chi connectivity index (χ0n) is 25.8. The molecule has 4 heteroatoms. The van der Waals surface area contributed by atoms with Gasteiger partial charge in [0.15, 0.2) is 0 Å². The molecular weight excluding hydrogens is 836 g/mol. The molecule has 0 aliphatic heterocycles. The normalized spacial score (nSPS) is 18.9. The van der Waals surface area contributed by atoms with Crippen LogP contribution in [0, 0.1) is 36.1 Å². The fraction of sp³-hybridized carbons (Fsp3) is 0.471. The van der Waals surface area contributed by atoms with Crippen molar-refractivity contribution in [1.82, 2.24) is 0 Å². The minimum Gasteiger partial charge on any atom is -0.273 e. The molecule has 0 bridgehead atoms. The molecule has 0 amide bonds. The van der Waals surface area contributed by atoms with Gasteiger partial charge in [0.2, 0.25) is 0 Å². The third-order valence-electron chi connectivity index (χ3n) is 5.64. The van der Waals surface area contributed by atoms with Crippen LogP contribution in [0.4, 0.5) is 0 Å². The number of hydrogen-bond acceptors (Lipinski definition) is 0. The van der Waals surface area contributed by atoms with Crippen molar-refractivity contribution in [3.05, 3.63) is 94.2 Å². The van der Waals surface area contributed by atoms with Crippen molar-refractivity contribution in [2.45, 2.75) is 95.9 Å². The molecule has 0 spiro atoms. The number of hydrogen-bond donors (Lipinski definition) is 0. The van der Waals surface area contributed by atoms with Crippen LogP contribution in [0.25, 0.3) is 0 Å². The number of allylic oxidation sites excluding steroid dienone is 16. The van der Waals surface area contributed by atoms with Crippen molar-refractivity contribution in [1.29, 1.82) is 0 Å². The van der Waals surface area contributed by atoms with Crippen molar-refractivity contribution < 1.29 is 47.8 Å². The summed E-state index contributed by atoms with van der Waals surface area (Å²) in [6.07, 6.45) is 26.7. The monoisotopic (exact) mass is 888 g/mol. The van der Waals surface area contributed by atoms with Crippen LogP contribution in [0.5, 0.6) is 0 Å². The van der Waals surface area contributed by atoms with Crippen LogP contribution in [0.2, 0.25) is 0 Å². The van der Waals surface area contributed by atoms with Crippen LogP contribution in [-0.2, 0) is 47.8 Å². The molecule has 2 atom stereocenters. The molecule has 4 aliphatic rings. The van der Waals surface area contributed by atoms with Gasteiger partial charge < -0.3 is 0 Å². The Morgan fingerprint density at radius 1 is 0.632 bits per heavy atom. The smallest absolute Gasteiger partial charge is 0.109 e. The Labute approximate surface area is 278 Å². The first kappa shape index (κ1) is 45.0. The summed E-state index contributed by atoms with van der Waals surface area (Å²) >= 11 is 2.53. The van der Waals surface area contributed by atoms with Gasteiger partial charge in [0, 0.05) is 0 Å². The molecule has 0 saturated heterocycles. The van der Waals surface area contributed by atoms with Crippen LogP contribution in [0.3, 0.4) is 0 Å². The Kier molecular flexibility index (Phi) is 32.2. The van der Waals surface area contributed by atoms with Crippen molar-refractivity contribution in [2.75, 3.05) is 0 Å². The van der Waals surface area contributed by atoms with E-state index in [1.807, 2.05) is 24.3 Å². The van der Waals surface area contributed by atoms with E-state index < -0.39 is 0 Å². The fourth-order valence-electron chi connectivity index (χ4n) is 3.00. The van der Waals surface area contributed by atoms with E-state index in [-0.39, 0.29) is 24.8 Å². The van der Waals surface area contributed by atoms with Crippen molar-refractivity contribution in [3.63, 3.8) is 0 Å². The first-order valence-electron chi connectivity index (χ1n) is 12.7. The first-order chi connectivity index (χ1) is 16.7. The first-order valence-corrected chi connectivity index (χ1v) is 16.3. The van der Waals surface area contributed by atoms with E-state index in [4.69, 9.17) is 0 Å². The maximum Gasteiger partial charge on any atom is -0.109 e. The van der Waals surface area contributed by atoms with Gasteiger partial charge in [-0.25, -0.2) is 35.5 Å². The van der Waals surface area contributed by atoms with Gasteiger partial charge in [0.05, 0.1) is 0 Å². The van der Waals surface area contributed by atoms with Crippen LogP contribution >= 0.6 is 24.8 Å². The van der Waals surface area contributed by atoms with E-state index in [9.17, 15) is 0 Å². The molecule has 0 heterocycles. The molecule has 38 heavy (non-hydrogen) atoms. The number of rotatable bonds is 0. The molecule has 208 valence electrons. The third kappa shape index (κ3) is 25.0. The van der Waals surface area contributed by atoms with E-state index in [1.165, 1.54) is 81.2 Å². The van der Waals surface area contributed by atoms with Gasteiger partial charge in [0.1, 0.15) is 0 Å². The molecule has 0 nitrogen and oxygen atoms in total. The van der Waals surface area contributed by atoms with E-state index in [0.717, 1.165) is 12.8 Å². The Morgan fingerprint density at radius 3 is 0.947 bits per heavy atom. The third-order valence-corrected chi connectivity index (χ3v) is 5.64. The average molecular weight is 887 g/mol. The van der Waals surface area contributed by atoms with Gasteiger partial charge in [-0.3, -0.25) is 24.3 Å². The minimum atomic E-state index is 0. The summed E-state index contributed by atoms with van der Waals surface area (Å²) in [6, 6.07) is 0. The molecule has 0 fully saturated rings. The van der Waals surface area contributed by atoms with E-state index in [1.54, 1.807) is 6.51 Å². The van der Waals surface area contributed by atoms with Crippen molar-refractivity contribution in [2.24, 2.45) is 11.8 Å². The van der Waals surface area contributed by atoms with Gasteiger partial charge in [-0.2, -0.15) is 34.4 Å². The van der Waals surface area contributed by atoms with E-state index in [2.05, 4.69) is 120 Å². The zero-order valence-corrected chi connectivity index (χ0v) is 34.7. The van der Waals surface area contributed by atoms with Gasteiger partial charge >= 0.3 is 82.0 Å². The van der Waals surface area contributed by atoms with Crippen molar-refractivity contribution >= 4 is 31.3 Å². The molecule has 0 aromatic rings. The zero-order chi connectivity index (χ0) is 28.3. The predicted octanol–water partition coefficient (Wildman–Crippen LogP) is 10.4. The quantitative estimate of drug-likeness (QED) is 0.168. The Morgan fingerprint density at radius 2 is 0.895 bits per heavy atom. The van der Waals surface area contributed by atoms with Gasteiger partial charge in [0.25, 0.3) is 0 Å². The summed E-state index contributed by atoms with van der Waals surface area (Å²) in [5.41, 5.74) is 8.49. The molecule has 4 rings (SSSR count). The average Bonchev–Trinajstić information content (AvgIpc) is 3.59. The standard InChI is InChI=1S/2C9H13.2C5H5.2C3H6.2ClH.2Hf/c2*1-6-5-7(2)9(4)8(6)3;2*1-2-4-5-3-1;2*1-3-2;;;;/h2*6H,1-4H3;2*1-3H,4H2;2*1-2H3;2*1H;;/q4*-1;;;;;2*+2. The summed E-state index contributed by atoms with van der Waals surface area (Å²) in [7, 11) is 0. The number of halogens is 2. The van der Waals surface area contributed by atoms with Gasteiger partial charge in [-0.15, -0.1) is 51.5 Å². The summed E-state index contributed by atoms with van der Waals surface area (Å²) in [5.74, 6) is 1.12. The van der Waals surface area contributed by atoms with Crippen LogP contribution in [0.1, 0.15) is 95.9 Å². The molecule has 2 unspecified atom stereocenters. The molecule has 0 radical (unpaired) electrons. The topological polar surface area (TPSA) is 0 Å². The SMILES string of the molecule is CC1=[C-]C(C)C(C)=C1C.CC1=[C-]C(C)C(C)=C1C.C[C](C)=[Hf+2].C[C](C)=[Hf+2].Cl.Cl.[C-]1=CC=CC1.[C-]1=CC=CC1.